The van der Waals surface area contributed by atoms with Gasteiger partial charge in [-0.25, -0.2) is 0 Å². The number of fused-ring (bicyclic) bond motifs is 1. The van der Waals surface area contributed by atoms with Gasteiger partial charge in [0.05, 0.1) is 0 Å². The second-order valence-electron chi connectivity index (χ2n) is 5.09. The van der Waals surface area contributed by atoms with Crippen LogP contribution in [-0.2, 0) is 0 Å². The summed E-state index contributed by atoms with van der Waals surface area (Å²) in [5.41, 5.74) is 3.91. The Kier molecular flexibility index (Phi) is 2.64. The Morgan fingerprint density at radius 1 is 0.857 bits per heavy atom. The third-order valence-electron chi connectivity index (χ3n) is 3.53. The Bertz CT molecular complexity index is 867. The van der Waals surface area contributed by atoms with Gasteiger partial charge in [-0.05, 0) is 19.1 Å². The van der Waals surface area contributed by atoms with Gasteiger partial charge in [-0.3, -0.25) is 0 Å². The van der Waals surface area contributed by atoms with Crippen LogP contribution in [0.1, 0.15) is 5.56 Å². The Morgan fingerprint density at radius 2 is 1.67 bits per heavy atom. The molecule has 0 amide bonds. The van der Waals surface area contributed by atoms with E-state index in [1.807, 2.05) is 48.5 Å². The van der Waals surface area contributed by atoms with Gasteiger partial charge in [-0.15, -0.1) is 0 Å². The van der Waals surface area contributed by atoms with Crippen LogP contribution in [0.3, 0.4) is 0 Å². The van der Waals surface area contributed by atoms with Crippen LogP contribution >= 0.6 is 0 Å². The van der Waals surface area contributed by atoms with Crippen LogP contribution in [0, 0.1) is 6.92 Å². The number of para-hydroxylation sites is 1. The van der Waals surface area contributed by atoms with E-state index in [9.17, 15) is 0 Å². The van der Waals surface area contributed by atoms with Crippen LogP contribution < -0.4 is 0 Å². The molecule has 0 bridgehead atoms. The van der Waals surface area contributed by atoms with Crippen molar-refractivity contribution in [2.75, 3.05) is 0 Å². The van der Waals surface area contributed by atoms with Crippen LogP contribution in [0.15, 0.2) is 69.6 Å². The van der Waals surface area contributed by atoms with Gasteiger partial charge in [0.1, 0.15) is 11.3 Å². The van der Waals surface area contributed by atoms with E-state index in [4.69, 9.17) is 8.94 Å². The summed E-state index contributed by atoms with van der Waals surface area (Å²) in [5.74, 6) is 1.34. The molecule has 0 fully saturated rings. The number of hydrogen-bond donors (Lipinski definition) is 0. The van der Waals surface area contributed by atoms with Gasteiger partial charge in [0.2, 0.25) is 5.76 Å². The van der Waals surface area contributed by atoms with Crippen LogP contribution in [0.2, 0.25) is 0 Å². The van der Waals surface area contributed by atoms with Gasteiger partial charge in [-0.2, -0.15) is 0 Å². The maximum Gasteiger partial charge on any atom is 0.202 e. The molecule has 0 N–H and O–H groups in total. The standard InChI is InChI=1S/C18H13NO2/c1-12-6-8-13(9-7-12)15-11-18(21-19-15)17-10-14-4-2-3-5-16(14)20-17/h2-11H,1H3. The lowest BCUT2D eigenvalue weighted by Crippen LogP contribution is -1.76. The van der Waals surface area contributed by atoms with Crippen molar-refractivity contribution in [3.8, 4) is 22.8 Å². The third kappa shape index (κ3) is 2.13. The second-order valence-corrected chi connectivity index (χ2v) is 5.09. The Balaban J connectivity index is 1.75. The first-order chi connectivity index (χ1) is 10.3. The van der Waals surface area contributed by atoms with Crippen molar-refractivity contribution < 1.29 is 8.94 Å². The molecule has 2 heterocycles. The molecule has 4 rings (SSSR count). The van der Waals surface area contributed by atoms with Crippen molar-refractivity contribution in [2.45, 2.75) is 6.92 Å². The number of rotatable bonds is 2. The quantitative estimate of drug-likeness (QED) is 0.513. The molecule has 0 unspecified atom stereocenters. The summed E-state index contributed by atoms with van der Waals surface area (Å²) in [6, 6.07) is 20.0. The van der Waals surface area contributed by atoms with Crippen molar-refractivity contribution in [1.82, 2.24) is 5.16 Å². The number of aryl methyl sites for hydroxylation is 1. The lowest BCUT2D eigenvalue weighted by Gasteiger charge is -1.95. The van der Waals surface area contributed by atoms with Crippen molar-refractivity contribution in [3.63, 3.8) is 0 Å². The zero-order valence-electron chi connectivity index (χ0n) is 11.5. The van der Waals surface area contributed by atoms with Crippen LogP contribution in [0.4, 0.5) is 0 Å². The summed E-state index contributed by atoms with van der Waals surface area (Å²) >= 11 is 0. The van der Waals surface area contributed by atoms with Gasteiger partial charge < -0.3 is 8.94 Å². The molecule has 0 aliphatic rings. The normalized spacial score (nSPS) is 11.1. The van der Waals surface area contributed by atoms with E-state index < -0.39 is 0 Å². The predicted molar refractivity (Wildman–Crippen MR) is 81.9 cm³/mol. The molecule has 4 aromatic rings. The van der Waals surface area contributed by atoms with Crippen molar-refractivity contribution in [3.05, 3.63) is 66.2 Å². The van der Waals surface area contributed by atoms with E-state index in [1.54, 1.807) is 0 Å². The fourth-order valence-electron chi connectivity index (χ4n) is 2.36. The lowest BCUT2D eigenvalue weighted by atomic mass is 10.1. The molecule has 102 valence electrons. The summed E-state index contributed by atoms with van der Waals surface area (Å²) < 4.78 is 11.2. The minimum Gasteiger partial charge on any atom is -0.453 e. The van der Waals surface area contributed by atoms with E-state index in [1.165, 1.54) is 5.56 Å². The smallest absolute Gasteiger partial charge is 0.202 e. The lowest BCUT2D eigenvalue weighted by molar-refractivity contribution is 0.423. The van der Waals surface area contributed by atoms with Gasteiger partial charge in [0.15, 0.2) is 5.76 Å². The number of furan rings is 1. The van der Waals surface area contributed by atoms with E-state index in [0.717, 1.165) is 22.2 Å². The maximum absolute atomic E-state index is 5.79. The number of benzene rings is 2. The van der Waals surface area contributed by atoms with Gasteiger partial charge in [0, 0.05) is 17.0 Å². The molecule has 0 atom stereocenters. The summed E-state index contributed by atoms with van der Waals surface area (Å²) in [7, 11) is 0. The Hall–Kier alpha value is -2.81. The first kappa shape index (κ1) is 12.0. The van der Waals surface area contributed by atoms with Crippen LogP contribution in [0.5, 0.6) is 0 Å². The van der Waals surface area contributed by atoms with Crippen LogP contribution in [0.25, 0.3) is 33.7 Å². The Morgan fingerprint density at radius 3 is 2.48 bits per heavy atom. The minimum atomic E-state index is 0.641. The summed E-state index contributed by atoms with van der Waals surface area (Å²) in [4.78, 5) is 0. The van der Waals surface area contributed by atoms with Crippen molar-refractivity contribution >= 4 is 11.0 Å². The zero-order chi connectivity index (χ0) is 14.2. The van der Waals surface area contributed by atoms with Gasteiger partial charge in [0.25, 0.3) is 0 Å². The predicted octanol–water partition coefficient (Wildman–Crippen LogP) is 5.06. The highest BCUT2D eigenvalue weighted by atomic mass is 16.5. The molecule has 0 radical (unpaired) electrons. The van der Waals surface area contributed by atoms with Crippen molar-refractivity contribution in [1.29, 1.82) is 0 Å². The number of nitrogens with zero attached hydrogens (tertiary/aromatic N) is 1. The molecule has 2 aromatic heterocycles. The van der Waals surface area contributed by atoms with E-state index in [-0.39, 0.29) is 0 Å². The van der Waals surface area contributed by atoms with Gasteiger partial charge in [-0.1, -0.05) is 53.2 Å². The number of aromatic nitrogens is 1. The average Bonchev–Trinajstić information content (AvgIpc) is 3.14. The fourth-order valence-corrected chi connectivity index (χ4v) is 2.36. The van der Waals surface area contributed by atoms with E-state index >= 15 is 0 Å². The molecule has 2 aromatic carbocycles. The number of hydrogen-bond acceptors (Lipinski definition) is 3. The van der Waals surface area contributed by atoms with E-state index in [0.29, 0.717) is 11.5 Å². The molecule has 0 saturated heterocycles. The molecule has 0 saturated carbocycles. The minimum absolute atomic E-state index is 0.641. The molecule has 0 aliphatic heterocycles. The largest absolute Gasteiger partial charge is 0.453 e. The van der Waals surface area contributed by atoms with Crippen LogP contribution in [-0.4, -0.2) is 5.16 Å². The van der Waals surface area contributed by atoms with Gasteiger partial charge >= 0.3 is 0 Å². The average molecular weight is 275 g/mol. The summed E-state index contributed by atoms with van der Waals surface area (Å²) in [6.07, 6.45) is 0. The molecular formula is C18H13NO2. The fraction of sp³-hybridized carbons (Fsp3) is 0.0556. The molecule has 3 heteroatoms. The van der Waals surface area contributed by atoms with E-state index in [2.05, 4.69) is 24.2 Å². The third-order valence-corrected chi connectivity index (χ3v) is 3.53. The second kappa shape index (κ2) is 4.63. The first-order valence-electron chi connectivity index (χ1n) is 6.82. The first-order valence-corrected chi connectivity index (χ1v) is 6.82. The highest BCUT2D eigenvalue weighted by molar-refractivity contribution is 5.82. The van der Waals surface area contributed by atoms with Crippen molar-refractivity contribution in [2.24, 2.45) is 0 Å². The molecule has 3 nitrogen and oxygen atoms in total. The molecule has 0 aliphatic carbocycles. The molecular weight excluding hydrogens is 262 g/mol. The topological polar surface area (TPSA) is 39.2 Å². The monoisotopic (exact) mass is 275 g/mol. The molecule has 21 heavy (non-hydrogen) atoms. The SMILES string of the molecule is Cc1ccc(-c2cc(-c3cc4ccccc4o3)on2)cc1. The Labute approximate surface area is 121 Å². The highest BCUT2D eigenvalue weighted by Gasteiger charge is 2.12. The highest BCUT2D eigenvalue weighted by Crippen LogP contribution is 2.30. The maximum atomic E-state index is 5.79. The summed E-state index contributed by atoms with van der Waals surface area (Å²) in [6.45, 7) is 2.06. The molecule has 0 spiro atoms. The summed E-state index contributed by atoms with van der Waals surface area (Å²) in [5, 5.41) is 5.18. The zero-order valence-corrected chi connectivity index (χ0v) is 11.5.